The van der Waals surface area contributed by atoms with Crippen LogP contribution >= 0.6 is 0 Å². The van der Waals surface area contributed by atoms with Gasteiger partial charge >= 0.3 is 6.18 Å². The zero-order valence-corrected chi connectivity index (χ0v) is 12.1. The van der Waals surface area contributed by atoms with E-state index in [1.165, 1.54) is 0 Å². The van der Waals surface area contributed by atoms with Gasteiger partial charge in [-0.25, -0.2) is 0 Å². The van der Waals surface area contributed by atoms with Crippen molar-refractivity contribution in [3.05, 3.63) is 23.0 Å². The van der Waals surface area contributed by atoms with E-state index in [1.54, 1.807) is 0 Å². The number of fused-ring (bicyclic) bond motifs is 2. The smallest absolute Gasteiger partial charge is 0.372 e. The van der Waals surface area contributed by atoms with E-state index >= 15 is 0 Å². The van der Waals surface area contributed by atoms with E-state index in [0.29, 0.717) is 18.7 Å². The molecule has 6 heteroatoms. The lowest BCUT2D eigenvalue weighted by Gasteiger charge is -2.47. The van der Waals surface area contributed by atoms with Crippen molar-refractivity contribution in [1.29, 1.82) is 0 Å². The topological polar surface area (TPSA) is 32.3 Å². The zero-order valence-electron chi connectivity index (χ0n) is 12.1. The molecule has 0 spiro atoms. The average molecular weight is 300 g/mol. The Morgan fingerprint density at radius 2 is 2.14 bits per heavy atom. The first kappa shape index (κ1) is 14.5. The fourth-order valence-corrected chi connectivity index (χ4v) is 4.04. The van der Waals surface area contributed by atoms with E-state index in [9.17, 15) is 18.0 Å². The van der Waals surface area contributed by atoms with Crippen molar-refractivity contribution < 1.29 is 18.0 Å². The van der Waals surface area contributed by atoms with E-state index in [0.717, 1.165) is 5.70 Å². The molecule has 3 nitrogen and oxygen atoms in total. The number of carbonyl (C=O) groups is 1. The number of hydrogen-bond donors (Lipinski definition) is 1. The standard InChI is InChI=1S/C15H19F3N2O/c1-3-20-8(2)4-5-9-12(20)7-11(15(16,17)18)10-6-13(21)19-14(9)10/h4,9,11-12H,3,5-7H2,1-2H3,(H,19,21). The van der Waals surface area contributed by atoms with Crippen LogP contribution in [0.3, 0.4) is 0 Å². The predicted octanol–water partition coefficient (Wildman–Crippen LogP) is 2.96. The highest BCUT2D eigenvalue weighted by molar-refractivity contribution is 5.84. The van der Waals surface area contributed by atoms with Gasteiger partial charge in [-0.1, -0.05) is 6.08 Å². The highest BCUT2D eigenvalue weighted by Crippen LogP contribution is 2.49. The van der Waals surface area contributed by atoms with Crippen LogP contribution in [0.4, 0.5) is 13.2 Å². The highest BCUT2D eigenvalue weighted by atomic mass is 19.4. The minimum absolute atomic E-state index is 0.0197. The van der Waals surface area contributed by atoms with Crippen molar-refractivity contribution in [3.63, 3.8) is 0 Å². The molecule has 0 aromatic heterocycles. The molecule has 3 aliphatic rings. The van der Waals surface area contributed by atoms with Gasteiger partial charge in [-0.15, -0.1) is 0 Å². The monoisotopic (exact) mass is 300 g/mol. The summed E-state index contributed by atoms with van der Waals surface area (Å²) in [6.07, 6.45) is -1.56. The van der Waals surface area contributed by atoms with Gasteiger partial charge in [-0.05, 0) is 32.3 Å². The summed E-state index contributed by atoms with van der Waals surface area (Å²) in [5.74, 6) is -1.81. The Bertz CT molecular complexity index is 536. The van der Waals surface area contributed by atoms with Crippen LogP contribution in [0.25, 0.3) is 0 Å². The first-order valence-corrected chi connectivity index (χ1v) is 7.35. The molecular weight excluding hydrogens is 281 g/mol. The molecule has 21 heavy (non-hydrogen) atoms. The Labute approximate surface area is 121 Å². The summed E-state index contributed by atoms with van der Waals surface area (Å²) < 4.78 is 40.2. The van der Waals surface area contributed by atoms with Crippen LogP contribution in [-0.4, -0.2) is 29.6 Å². The number of nitrogens with zero attached hydrogens (tertiary/aromatic N) is 1. The third kappa shape index (κ3) is 2.24. The second-order valence-electron chi connectivity index (χ2n) is 6.03. The summed E-state index contributed by atoms with van der Waals surface area (Å²) in [4.78, 5) is 13.7. The molecule has 0 aromatic rings. The Morgan fingerprint density at radius 1 is 1.43 bits per heavy atom. The van der Waals surface area contributed by atoms with Crippen molar-refractivity contribution in [2.24, 2.45) is 11.8 Å². The summed E-state index contributed by atoms with van der Waals surface area (Å²) in [5.41, 5.74) is 1.85. The Balaban J connectivity index is 2.03. The molecule has 0 radical (unpaired) electrons. The first-order chi connectivity index (χ1) is 9.82. The zero-order chi connectivity index (χ0) is 15.4. The molecule has 3 rings (SSSR count). The lowest BCUT2D eigenvalue weighted by Crippen LogP contribution is -2.49. The maximum absolute atomic E-state index is 13.4. The van der Waals surface area contributed by atoms with Gasteiger partial charge in [0.2, 0.25) is 5.91 Å². The van der Waals surface area contributed by atoms with Crippen LogP contribution in [0.5, 0.6) is 0 Å². The van der Waals surface area contributed by atoms with Gasteiger partial charge < -0.3 is 10.2 Å². The molecule has 2 aliphatic heterocycles. The third-order valence-electron chi connectivity index (χ3n) is 4.96. The lowest BCUT2D eigenvalue weighted by molar-refractivity contribution is -0.172. The summed E-state index contributed by atoms with van der Waals surface area (Å²) in [7, 11) is 0. The number of amides is 1. The minimum atomic E-state index is -4.29. The fourth-order valence-electron chi connectivity index (χ4n) is 4.04. The van der Waals surface area contributed by atoms with Gasteiger partial charge in [0.25, 0.3) is 0 Å². The van der Waals surface area contributed by atoms with Crippen LogP contribution in [0, 0.1) is 11.8 Å². The maximum Gasteiger partial charge on any atom is 0.395 e. The quantitative estimate of drug-likeness (QED) is 0.807. The summed E-state index contributed by atoms with van der Waals surface area (Å²) >= 11 is 0. The molecule has 1 N–H and O–H groups in total. The van der Waals surface area contributed by atoms with Gasteiger partial charge in [-0.3, -0.25) is 4.79 Å². The number of carbonyl (C=O) groups excluding carboxylic acids is 1. The Kier molecular flexibility index (Phi) is 3.30. The fraction of sp³-hybridized carbons (Fsp3) is 0.667. The number of allylic oxidation sites excluding steroid dienone is 2. The van der Waals surface area contributed by atoms with Crippen LogP contribution in [-0.2, 0) is 4.79 Å². The van der Waals surface area contributed by atoms with Crippen LogP contribution in [0.1, 0.15) is 33.1 Å². The molecule has 1 amide bonds. The van der Waals surface area contributed by atoms with Gasteiger partial charge in [0.1, 0.15) is 0 Å². The average Bonchev–Trinajstić information content (AvgIpc) is 2.77. The molecule has 3 unspecified atom stereocenters. The molecule has 0 fully saturated rings. The Hall–Kier alpha value is -1.46. The second kappa shape index (κ2) is 4.78. The number of hydrogen-bond acceptors (Lipinski definition) is 2. The first-order valence-electron chi connectivity index (χ1n) is 7.35. The summed E-state index contributed by atoms with van der Waals surface area (Å²) in [5, 5.41) is 2.70. The van der Waals surface area contributed by atoms with Crippen molar-refractivity contribution in [2.45, 2.75) is 45.3 Å². The largest absolute Gasteiger partial charge is 0.395 e. The highest BCUT2D eigenvalue weighted by Gasteiger charge is 2.52. The van der Waals surface area contributed by atoms with Gasteiger partial charge in [0.05, 0.1) is 12.3 Å². The number of alkyl halides is 3. The van der Waals surface area contributed by atoms with E-state index < -0.39 is 12.1 Å². The normalized spacial score (nSPS) is 32.6. The molecule has 0 aromatic carbocycles. The van der Waals surface area contributed by atoms with Crippen molar-refractivity contribution in [1.82, 2.24) is 10.2 Å². The molecule has 0 saturated heterocycles. The van der Waals surface area contributed by atoms with Crippen LogP contribution < -0.4 is 5.32 Å². The van der Waals surface area contributed by atoms with E-state index in [2.05, 4.69) is 11.4 Å². The molecule has 0 bridgehead atoms. The van der Waals surface area contributed by atoms with Gasteiger partial charge in [0, 0.05) is 29.9 Å². The Morgan fingerprint density at radius 3 is 2.76 bits per heavy atom. The maximum atomic E-state index is 13.4. The molecule has 0 saturated carbocycles. The van der Waals surface area contributed by atoms with E-state index in [1.807, 2.05) is 18.7 Å². The number of nitrogens with one attached hydrogen (secondary N) is 1. The van der Waals surface area contributed by atoms with Gasteiger partial charge in [-0.2, -0.15) is 13.2 Å². The lowest BCUT2D eigenvalue weighted by atomic mass is 9.73. The molecular formula is C15H19F3N2O. The number of halogens is 3. The van der Waals surface area contributed by atoms with Gasteiger partial charge in [0.15, 0.2) is 0 Å². The SMILES string of the molecule is CCN1C(C)=CCC2C3=C(CC(=O)N3)C(C(F)(F)F)CC21. The van der Waals surface area contributed by atoms with Crippen LogP contribution in [0.2, 0.25) is 0 Å². The van der Waals surface area contributed by atoms with Crippen molar-refractivity contribution in [3.8, 4) is 0 Å². The molecule has 3 atom stereocenters. The van der Waals surface area contributed by atoms with Crippen LogP contribution in [0.15, 0.2) is 23.0 Å². The third-order valence-corrected chi connectivity index (χ3v) is 4.96. The summed E-state index contributed by atoms with van der Waals surface area (Å²) in [6.45, 7) is 4.59. The van der Waals surface area contributed by atoms with E-state index in [-0.39, 0.29) is 36.3 Å². The number of rotatable bonds is 1. The second-order valence-corrected chi connectivity index (χ2v) is 6.03. The van der Waals surface area contributed by atoms with Crippen molar-refractivity contribution >= 4 is 5.91 Å². The van der Waals surface area contributed by atoms with Crippen molar-refractivity contribution in [2.75, 3.05) is 6.54 Å². The molecule has 2 heterocycles. The molecule has 1 aliphatic carbocycles. The van der Waals surface area contributed by atoms with E-state index in [4.69, 9.17) is 0 Å². The molecule has 116 valence electrons. The summed E-state index contributed by atoms with van der Waals surface area (Å²) in [6, 6.07) is -0.177. The minimum Gasteiger partial charge on any atom is -0.372 e. The predicted molar refractivity (Wildman–Crippen MR) is 72.0 cm³/mol.